The Bertz CT molecular complexity index is 469. The van der Waals surface area contributed by atoms with Gasteiger partial charge in [-0.15, -0.1) is 0 Å². The highest BCUT2D eigenvalue weighted by molar-refractivity contribution is 5.49. The number of nitrogens with one attached hydrogen (secondary N) is 1. The van der Waals surface area contributed by atoms with Crippen molar-refractivity contribution in [2.75, 3.05) is 13.7 Å². The van der Waals surface area contributed by atoms with E-state index >= 15 is 0 Å². The molecule has 0 aromatic heterocycles. The van der Waals surface area contributed by atoms with Crippen LogP contribution < -0.4 is 14.8 Å². The van der Waals surface area contributed by atoms with Gasteiger partial charge in [-0.2, -0.15) is 0 Å². The molecule has 1 aromatic rings. The number of ether oxygens (including phenoxy) is 2. The topological polar surface area (TPSA) is 30.5 Å². The molecule has 22 heavy (non-hydrogen) atoms. The van der Waals surface area contributed by atoms with Gasteiger partial charge in [0.25, 0.3) is 0 Å². The molecular formula is C19H31NO2. The molecule has 1 aliphatic heterocycles. The summed E-state index contributed by atoms with van der Waals surface area (Å²) in [5.74, 6) is 1.92. The zero-order valence-electron chi connectivity index (χ0n) is 14.6. The fraction of sp³-hybridized carbons (Fsp3) is 0.684. The van der Waals surface area contributed by atoms with Crippen LogP contribution in [0.25, 0.3) is 0 Å². The third kappa shape index (κ3) is 3.57. The molecule has 0 aliphatic carbocycles. The molecule has 3 heteroatoms. The van der Waals surface area contributed by atoms with E-state index in [-0.39, 0.29) is 5.60 Å². The van der Waals surface area contributed by atoms with E-state index in [0.29, 0.717) is 6.04 Å². The second-order valence-electron chi connectivity index (χ2n) is 6.28. The molecule has 1 atom stereocenters. The number of methoxy groups -OCH3 is 1. The largest absolute Gasteiger partial charge is 0.496 e. The summed E-state index contributed by atoms with van der Waals surface area (Å²) in [6.45, 7) is 7.75. The van der Waals surface area contributed by atoms with Crippen LogP contribution in [-0.4, -0.2) is 19.3 Å². The quantitative estimate of drug-likeness (QED) is 0.696. The molecule has 1 aromatic carbocycles. The average molecular weight is 305 g/mol. The van der Waals surface area contributed by atoms with Crippen molar-refractivity contribution in [1.82, 2.24) is 5.32 Å². The molecule has 1 aliphatic rings. The van der Waals surface area contributed by atoms with Gasteiger partial charge >= 0.3 is 0 Å². The van der Waals surface area contributed by atoms with Crippen LogP contribution in [0.3, 0.4) is 0 Å². The van der Waals surface area contributed by atoms with Gasteiger partial charge in [0.05, 0.1) is 12.7 Å². The number of rotatable bonds is 8. The Morgan fingerprint density at radius 3 is 2.64 bits per heavy atom. The van der Waals surface area contributed by atoms with Gasteiger partial charge in [0, 0.05) is 12.5 Å². The third-order valence-electron chi connectivity index (χ3n) is 4.96. The minimum atomic E-state index is -0.0538. The monoisotopic (exact) mass is 305 g/mol. The molecule has 0 fully saturated rings. The van der Waals surface area contributed by atoms with Gasteiger partial charge in [-0.1, -0.05) is 39.7 Å². The second-order valence-corrected chi connectivity index (χ2v) is 6.28. The van der Waals surface area contributed by atoms with Gasteiger partial charge in [-0.3, -0.25) is 0 Å². The summed E-state index contributed by atoms with van der Waals surface area (Å²) in [5, 5.41) is 3.75. The van der Waals surface area contributed by atoms with Gasteiger partial charge < -0.3 is 14.8 Å². The summed E-state index contributed by atoms with van der Waals surface area (Å²) < 4.78 is 12.0. The predicted octanol–water partition coefficient (Wildman–Crippen LogP) is 4.86. The lowest BCUT2D eigenvalue weighted by Gasteiger charge is -2.42. The number of benzene rings is 1. The normalized spacial score (nSPS) is 19.4. The summed E-state index contributed by atoms with van der Waals surface area (Å²) in [6.07, 6.45) is 6.84. The molecular weight excluding hydrogens is 274 g/mol. The molecule has 1 unspecified atom stereocenters. The van der Waals surface area contributed by atoms with Crippen LogP contribution in [0.15, 0.2) is 18.2 Å². The van der Waals surface area contributed by atoms with Gasteiger partial charge in [-0.05, 0) is 37.9 Å². The maximum Gasteiger partial charge on any atom is 0.128 e. The molecule has 0 saturated heterocycles. The van der Waals surface area contributed by atoms with E-state index < -0.39 is 0 Å². The lowest BCUT2D eigenvalue weighted by Crippen LogP contribution is -2.43. The van der Waals surface area contributed by atoms with Crippen LogP contribution in [0.1, 0.15) is 70.9 Å². The molecule has 124 valence electrons. The van der Waals surface area contributed by atoms with E-state index in [2.05, 4.69) is 32.2 Å². The maximum absolute atomic E-state index is 6.40. The highest BCUT2D eigenvalue weighted by Gasteiger charge is 2.39. The minimum Gasteiger partial charge on any atom is -0.496 e. The van der Waals surface area contributed by atoms with Crippen molar-refractivity contribution in [3.63, 3.8) is 0 Å². The van der Waals surface area contributed by atoms with Gasteiger partial charge in [0.15, 0.2) is 0 Å². The molecule has 1 N–H and O–H groups in total. The van der Waals surface area contributed by atoms with Crippen molar-refractivity contribution in [2.45, 2.75) is 70.9 Å². The Morgan fingerprint density at radius 1 is 1.23 bits per heavy atom. The summed E-state index contributed by atoms with van der Waals surface area (Å²) >= 11 is 0. The third-order valence-corrected chi connectivity index (χ3v) is 4.96. The first-order valence-electron chi connectivity index (χ1n) is 8.79. The predicted molar refractivity (Wildman–Crippen MR) is 91.8 cm³/mol. The lowest BCUT2D eigenvalue weighted by atomic mass is 9.83. The van der Waals surface area contributed by atoms with Crippen molar-refractivity contribution < 1.29 is 9.47 Å². The molecule has 0 amide bonds. The molecule has 0 radical (unpaired) electrons. The van der Waals surface area contributed by atoms with E-state index in [1.807, 2.05) is 12.1 Å². The van der Waals surface area contributed by atoms with Gasteiger partial charge in [0.1, 0.15) is 17.1 Å². The minimum absolute atomic E-state index is 0.0538. The van der Waals surface area contributed by atoms with Crippen molar-refractivity contribution >= 4 is 0 Å². The zero-order valence-corrected chi connectivity index (χ0v) is 14.6. The Morgan fingerprint density at radius 2 is 2.00 bits per heavy atom. The zero-order chi connectivity index (χ0) is 16.0. The van der Waals surface area contributed by atoms with Gasteiger partial charge in [-0.25, -0.2) is 0 Å². The van der Waals surface area contributed by atoms with E-state index in [4.69, 9.17) is 9.47 Å². The molecule has 1 heterocycles. The van der Waals surface area contributed by atoms with E-state index in [0.717, 1.165) is 37.3 Å². The Kier molecular flexibility index (Phi) is 6.13. The van der Waals surface area contributed by atoms with Crippen LogP contribution in [0.2, 0.25) is 0 Å². The smallest absolute Gasteiger partial charge is 0.128 e. The first kappa shape index (κ1) is 17.1. The van der Waals surface area contributed by atoms with Crippen molar-refractivity contribution in [1.29, 1.82) is 0 Å². The van der Waals surface area contributed by atoms with Crippen LogP contribution in [0, 0.1) is 0 Å². The van der Waals surface area contributed by atoms with Crippen LogP contribution >= 0.6 is 0 Å². The summed E-state index contributed by atoms with van der Waals surface area (Å²) in [5.41, 5.74) is 1.14. The molecule has 3 nitrogen and oxygen atoms in total. The molecule has 0 saturated carbocycles. The number of hydrogen-bond acceptors (Lipinski definition) is 3. The highest BCUT2D eigenvalue weighted by Crippen LogP contribution is 2.46. The van der Waals surface area contributed by atoms with E-state index in [9.17, 15) is 0 Å². The fourth-order valence-electron chi connectivity index (χ4n) is 3.39. The average Bonchev–Trinajstić information content (AvgIpc) is 2.57. The second kappa shape index (κ2) is 7.87. The van der Waals surface area contributed by atoms with Crippen molar-refractivity contribution in [2.24, 2.45) is 0 Å². The lowest BCUT2D eigenvalue weighted by molar-refractivity contribution is 0.0219. The van der Waals surface area contributed by atoms with Gasteiger partial charge in [0.2, 0.25) is 0 Å². The van der Waals surface area contributed by atoms with E-state index in [1.165, 1.54) is 24.8 Å². The summed E-state index contributed by atoms with van der Waals surface area (Å²) in [4.78, 5) is 0. The maximum atomic E-state index is 6.40. The first-order valence-corrected chi connectivity index (χ1v) is 8.79. The fourth-order valence-corrected chi connectivity index (χ4v) is 3.39. The number of fused-ring (bicyclic) bond motifs is 1. The SMILES string of the molecule is CCCCCNC1CC(CC)(CC)Oc2cccc(OC)c21. The van der Waals surface area contributed by atoms with Crippen molar-refractivity contribution in [3.05, 3.63) is 23.8 Å². The highest BCUT2D eigenvalue weighted by atomic mass is 16.5. The van der Waals surface area contributed by atoms with Crippen LogP contribution in [0.4, 0.5) is 0 Å². The van der Waals surface area contributed by atoms with Crippen LogP contribution in [-0.2, 0) is 0 Å². The van der Waals surface area contributed by atoms with Crippen molar-refractivity contribution in [3.8, 4) is 11.5 Å². The standard InChI is InChI=1S/C19H31NO2/c1-5-8-9-13-20-15-14-19(6-2,7-3)22-17-12-10-11-16(21-4)18(15)17/h10-12,15,20H,5-9,13-14H2,1-4H3. The first-order chi connectivity index (χ1) is 10.7. The summed E-state index contributed by atoms with van der Waals surface area (Å²) in [7, 11) is 1.74. The Hall–Kier alpha value is -1.22. The number of hydrogen-bond donors (Lipinski definition) is 1. The van der Waals surface area contributed by atoms with Crippen LogP contribution in [0.5, 0.6) is 11.5 Å². The molecule has 0 spiro atoms. The Labute approximate surface area is 135 Å². The molecule has 2 rings (SSSR count). The van der Waals surface area contributed by atoms with E-state index in [1.54, 1.807) is 7.11 Å². The molecule has 0 bridgehead atoms. The number of unbranched alkanes of at least 4 members (excludes halogenated alkanes) is 2. The Balaban J connectivity index is 2.26. The summed E-state index contributed by atoms with van der Waals surface area (Å²) in [6, 6.07) is 6.45.